The molecule has 0 radical (unpaired) electrons. The Morgan fingerprint density at radius 2 is 1.80 bits per heavy atom. The highest BCUT2D eigenvalue weighted by atomic mass is 79.9. The number of hydrogen-bond acceptors (Lipinski definition) is 5. The summed E-state index contributed by atoms with van der Waals surface area (Å²) in [5.74, 6) is -2.03. The van der Waals surface area contributed by atoms with Gasteiger partial charge in [-0.3, -0.25) is 14.4 Å². The van der Waals surface area contributed by atoms with E-state index in [1.807, 2.05) is 6.92 Å². The zero-order chi connectivity index (χ0) is 18.6. The highest BCUT2D eigenvalue weighted by Crippen LogP contribution is 2.80. The van der Waals surface area contributed by atoms with Gasteiger partial charge in [0, 0.05) is 16.0 Å². The Morgan fingerprint density at radius 3 is 2.32 bits per heavy atom. The number of Topliss-reactive ketones (excluding diaryl/α,β-unsaturated/α-hetero) is 1. The molecule has 1 aliphatic heterocycles. The van der Waals surface area contributed by atoms with Crippen molar-refractivity contribution < 1.29 is 23.9 Å². The van der Waals surface area contributed by atoms with Gasteiger partial charge in [0.1, 0.15) is 5.60 Å². The largest absolute Gasteiger partial charge is 0.465 e. The van der Waals surface area contributed by atoms with Gasteiger partial charge in [-0.05, 0) is 39.3 Å². The van der Waals surface area contributed by atoms with Gasteiger partial charge in [-0.1, -0.05) is 35.0 Å². The SMILES string of the molecule is CCOC(=O)[C@]12C(=O)OC(C)(C)[C@H]1[C@]2(CC)C(=O)c1ccc(Br)cc1. The molecule has 2 fully saturated rings. The fourth-order valence-electron chi connectivity index (χ4n) is 4.77. The molecule has 1 aromatic carbocycles. The van der Waals surface area contributed by atoms with E-state index in [2.05, 4.69) is 15.9 Å². The van der Waals surface area contributed by atoms with Crippen molar-refractivity contribution >= 4 is 33.7 Å². The first-order valence-electron chi connectivity index (χ1n) is 8.41. The van der Waals surface area contributed by atoms with Gasteiger partial charge in [0.25, 0.3) is 0 Å². The van der Waals surface area contributed by atoms with Gasteiger partial charge in [-0.15, -0.1) is 0 Å². The van der Waals surface area contributed by atoms with E-state index in [0.717, 1.165) is 4.47 Å². The van der Waals surface area contributed by atoms with E-state index < -0.39 is 34.3 Å². The summed E-state index contributed by atoms with van der Waals surface area (Å²) in [5.41, 5.74) is -3.07. The molecule has 2 aliphatic rings. The number of halogens is 1. The number of benzene rings is 1. The maximum absolute atomic E-state index is 13.4. The predicted octanol–water partition coefficient (Wildman–Crippen LogP) is 3.54. The van der Waals surface area contributed by atoms with E-state index in [-0.39, 0.29) is 12.4 Å². The lowest BCUT2D eigenvalue weighted by molar-refractivity contribution is -0.166. The molecule has 0 unspecified atom stereocenters. The number of esters is 2. The number of rotatable bonds is 5. The molecule has 1 saturated heterocycles. The minimum Gasteiger partial charge on any atom is -0.465 e. The van der Waals surface area contributed by atoms with Crippen LogP contribution in [-0.2, 0) is 19.1 Å². The van der Waals surface area contributed by atoms with Crippen molar-refractivity contribution in [2.24, 2.45) is 16.7 Å². The first-order valence-corrected chi connectivity index (χ1v) is 9.20. The molecule has 1 saturated carbocycles. The summed E-state index contributed by atoms with van der Waals surface area (Å²) in [4.78, 5) is 38.9. The summed E-state index contributed by atoms with van der Waals surface area (Å²) in [6.07, 6.45) is 0.365. The van der Waals surface area contributed by atoms with E-state index >= 15 is 0 Å². The van der Waals surface area contributed by atoms with E-state index in [4.69, 9.17) is 9.47 Å². The summed E-state index contributed by atoms with van der Waals surface area (Å²) in [5, 5.41) is 0. The van der Waals surface area contributed by atoms with Crippen LogP contribution in [0.5, 0.6) is 0 Å². The Kier molecular flexibility index (Phi) is 4.10. The summed E-state index contributed by atoms with van der Waals surface area (Å²) < 4.78 is 11.5. The van der Waals surface area contributed by atoms with Crippen LogP contribution in [0.2, 0.25) is 0 Å². The van der Waals surface area contributed by atoms with Crippen LogP contribution in [0.3, 0.4) is 0 Å². The van der Waals surface area contributed by atoms with E-state index in [9.17, 15) is 14.4 Å². The standard InChI is InChI=1S/C19H21BrO5/c1-5-18(13(21)11-7-9-12(20)10-8-11)14-17(3,4)25-16(23)19(14,18)15(22)24-6-2/h7-10,14H,5-6H2,1-4H3/t14-,18-,19-/m0/s1. The average Bonchev–Trinajstić information content (AvgIpc) is 3.15. The number of cyclic esters (lactones) is 1. The Hall–Kier alpha value is -1.69. The third-order valence-electron chi connectivity index (χ3n) is 5.59. The maximum atomic E-state index is 13.4. The number of ether oxygens (including phenoxy) is 2. The molecule has 5 nitrogen and oxygen atoms in total. The molecular weight excluding hydrogens is 388 g/mol. The molecule has 0 amide bonds. The summed E-state index contributed by atoms with van der Waals surface area (Å²) >= 11 is 3.35. The molecule has 0 spiro atoms. The zero-order valence-corrected chi connectivity index (χ0v) is 16.3. The minimum absolute atomic E-state index is 0.146. The second-order valence-corrected chi connectivity index (χ2v) is 8.03. The molecule has 3 rings (SSSR count). The quantitative estimate of drug-likeness (QED) is 0.423. The molecular formula is C19H21BrO5. The molecule has 0 aromatic heterocycles. The van der Waals surface area contributed by atoms with Crippen molar-refractivity contribution in [3.05, 3.63) is 34.3 Å². The lowest BCUT2D eigenvalue weighted by Gasteiger charge is -2.28. The third kappa shape index (κ3) is 2.09. The Balaban J connectivity index is 2.14. The van der Waals surface area contributed by atoms with Gasteiger partial charge in [-0.2, -0.15) is 0 Å². The zero-order valence-electron chi connectivity index (χ0n) is 14.7. The maximum Gasteiger partial charge on any atom is 0.325 e. The summed E-state index contributed by atoms with van der Waals surface area (Å²) in [6.45, 7) is 7.17. The van der Waals surface area contributed by atoms with Gasteiger partial charge in [0.2, 0.25) is 0 Å². The molecule has 6 heteroatoms. The van der Waals surface area contributed by atoms with Gasteiger partial charge < -0.3 is 9.47 Å². The first-order chi connectivity index (χ1) is 11.7. The highest BCUT2D eigenvalue weighted by molar-refractivity contribution is 9.10. The summed E-state index contributed by atoms with van der Waals surface area (Å²) in [7, 11) is 0. The first kappa shape index (κ1) is 18.1. The van der Waals surface area contributed by atoms with Crippen molar-refractivity contribution in [2.75, 3.05) is 6.61 Å². The minimum atomic E-state index is -1.54. The second kappa shape index (κ2) is 5.66. The van der Waals surface area contributed by atoms with E-state index in [1.54, 1.807) is 45.0 Å². The normalized spacial score (nSPS) is 31.9. The Labute approximate surface area is 155 Å². The van der Waals surface area contributed by atoms with Crippen molar-refractivity contribution in [1.82, 2.24) is 0 Å². The second-order valence-electron chi connectivity index (χ2n) is 7.12. The van der Waals surface area contributed by atoms with Crippen LogP contribution >= 0.6 is 15.9 Å². The predicted molar refractivity (Wildman–Crippen MR) is 93.9 cm³/mol. The van der Waals surface area contributed by atoms with Crippen LogP contribution in [0.1, 0.15) is 44.5 Å². The number of carbonyl (C=O) groups excluding carboxylic acids is 3. The van der Waals surface area contributed by atoms with Crippen molar-refractivity contribution in [1.29, 1.82) is 0 Å². The molecule has 0 N–H and O–H groups in total. The van der Waals surface area contributed by atoms with Crippen molar-refractivity contribution in [2.45, 2.75) is 39.7 Å². The molecule has 134 valence electrons. The molecule has 25 heavy (non-hydrogen) atoms. The summed E-state index contributed by atoms with van der Waals surface area (Å²) in [6, 6.07) is 6.95. The Bertz CT molecular complexity index is 754. The number of carbonyl (C=O) groups is 3. The van der Waals surface area contributed by atoms with Crippen LogP contribution in [0.4, 0.5) is 0 Å². The smallest absolute Gasteiger partial charge is 0.325 e. The van der Waals surface area contributed by atoms with E-state index in [1.165, 1.54) is 0 Å². The monoisotopic (exact) mass is 408 g/mol. The molecule has 1 heterocycles. The average molecular weight is 409 g/mol. The van der Waals surface area contributed by atoms with Gasteiger partial charge in [-0.25, -0.2) is 0 Å². The lowest BCUT2D eigenvalue weighted by Crippen LogP contribution is -2.40. The van der Waals surface area contributed by atoms with Crippen molar-refractivity contribution in [3.63, 3.8) is 0 Å². The van der Waals surface area contributed by atoms with Crippen LogP contribution in [-0.4, -0.2) is 29.9 Å². The fourth-order valence-corrected chi connectivity index (χ4v) is 5.03. The third-order valence-corrected chi connectivity index (χ3v) is 6.11. The molecule has 0 bridgehead atoms. The lowest BCUT2D eigenvalue weighted by atomic mass is 9.81. The van der Waals surface area contributed by atoms with Gasteiger partial charge in [0.05, 0.1) is 12.0 Å². The number of fused-ring (bicyclic) bond motifs is 1. The van der Waals surface area contributed by atoms with Crippen LogP contribution in [0.15, 0.2) is 28.7 Å². The van der Waals surface area contributed by atoms with Crippen LogP contribution in [0.25, 0.3) is 0 Å². The fraction of sp³-hybridized carbons (Fsp3) is 0.526. The molecule has 3 atom stereocenters. The topological polar surface area (TPSA) is 69.7 Å². The molecule has 1 aromatic rings. The van der Waals surface area contributed by atoms with E-state index in [0.29, 0.717) is 12.0 Å². The van der Waals surface area contributed by atoms with Crippen LogP contribution in [0, 0.1) is 16.7 Å². The molecule has 1 aliphatic carbocycles. The number of hydrogen-bond donors (Lipinski definition) is 0. The van der Waals surface area contributed by atoms with Crippen LogP contribution < -0.4 is 0 Å². The van der Waals surface area contributed by atoms with Gasteiger partial charge in [0.15, 0.2) is 11.2 Å². The highest BCUT2D eigenvalue weighted by Gasteiger charge is 2.95. The Morgan fingerprint density at radius 1 is 1.20 bits per heavy atom. The van der Waals surface area contributed by atoms with Gasteiger partial charge >= 0.3 is 11.9 Å². The number of ketones is 1. The van der Waals surface area contributed by atoms with Crippen molar-refractivity contribution in [3.8, 4) is 0 Å².